The molecule has 0 saturated heterocycles. The van der Waals surface area contributed by atoms with Gasteiger partial charge in [0.25, 0.3) is 6.43 Å². The van der Waals surface area contributed by atoms with Crippen LogP contribution in [0.2, 0.25) is 0 Å². The Morgan fingerprint density at radius 3 is 2.71 bits per heavy atom. The van der Waals surface area contributed by atoms with Crippen molar-refractivity contribution >= 4 is 22.2 Å². The molecule has 0 fully saturated rings. The number of carbonyl (C=O) groups excluding carboxylic acids is 1. The molecule has 6 heteroatoms. The quantitative estimate of drug-likeness (QED) is 0.789. The molecule has 0 aliphatic rings. The van der Waals surface area contributed by atoms with E-state index in [2.05, 4.69) is 20.9 Å². The minimum atomic E-state index is -2.75. The van der Waals surface area contributed by atoms with Gasteiger partial charge in [0.2, 0.25) is 0 Å². The van der Waals surface area contributed by atoms with E-state index in [1.54, 1.807) is 0 Å². The predicted octanol–water partition coefficient (Wildman–Crippen LogP) is 2.60. The second kappa shape index (κ2) is 4.45. The average Bonchev–Trinajstić information content (AvgIpc) is 2.17. The van der Waals surface area contributed by atoms with E-state index in [-0.39, 0.29) is 15.9 Å². The lowest BCUT2D eigenvalue weighted by Crippen LogP contribution is -1.99. The number of rotatable bonds is 3. The number of carbonyl (C=O) groups is 1. The second-order valence-corrected chi connectivity index (χ2v) is 3.16. The van der Waals surface area contributed by atoms with Crippen LogP contribution in [0.4, 0.5) is 8.78 Å². The van der Waals surface area contributed by atoms with Gasteiger partial charge in [-0.05, 0) is 15.9 Å². The Hall–Kier alpha value is -1.04. The number of nitrogens with zero attached hydrogens (tertiary/aromatic N) is 1. The molecule has 0 amide bonds. The summed E-state index contributed by atoms with van der Waals surface area (Å²) >= 11 is 2.92. The number of aromatic nitrogens is 1. The Morgan fingerprint density at radius 1 is 1.64 bits per heavy atom. The Bertz CT molecular complexity index is 357. The summed E-state index contributed by atoms with van der Waals surface area (Å²) in [5.41, 5.74) is -0.577. The number of halogens is 3. The molecule has 0 aliphatic carbocycles. The van der Waals surface area contributed by atoms with Gasteiger partial charge in [0.05, 0.1) is 11.6 Å². The number of ether oxygens (including phenoxy) is 1. The highest BCUT2D eigenvalue weighted by molar-refractivity contribution is 9.10. The molecule has 0 aliphatic heterocycles. The Morgan fingerprint density at radius 2 is 2.29 bits per heavy atom. The van der Waals surface area contributed by atoms with Crippen molar-refractivity contribution in [3.05, 3.63) is 21.9 Å². The number of alkyl halides is 2. The molecule has 0 N–H and O–H groups in total. The number of aldehydes is 1. The van der Waals surface area contributed by atoms with Crippen molar-refractivity contribution in [1.29, 1.82) is 0 Å². The fraction of sp³-hybridized carbons (Fsp3) is 0.250. The van der Waals surface area contributed by atoms with Gasteiger partial charge in [-0.1, -0.05) is 0 Å². The molecular formula is C8H6BrF2NO2. The van der Waals surface area contributed by atoms with E-state index < -0.39 is 12.1 Å². The normalized spacial score (nSPS) is 10.4. The number of methoxy groups -OCH3 is 1. The molecule has 0 saturated carbocycles. The van der Waals surface area contributed by atoms with Gasteiger partial charge in [0.15, 0.2) is 6.29 Å². The molecule has 76 valence electrons. The van der Waals surface area contributed by atoms with Crippen molar-refractivity contribution in [1.82, 2.24) is 4.98 Å². The van der Waals surface area contributed by atoms with Crippen LogP contribution in [0.1, 0.15) is 22.6 Å². The van der Waals surface area contributed by atoms with Gasteiger partial charge in [-0.25, -0.2) is 13.8 Å². The summed E-state index contributed by atoms with van der Waals surface area (Å²) in [7, 11) is 1.32. The molecule has 1 aromatic heterocycles. The molecule has 0 bridgehead atoms. The number of pyridine rings is 1. The van der Waals surface area contributed by atoms with Gasteiger partial charge in [0, 0.05) is 6.07 Å². The van der Waals surface area contributed by atoms with Crippen molar-refractivity contribution in [2.75, 3.05) is 7.11 Å². The van der Waals surface area contributed by atoms with Crippen molar-refractivity contribution in [2.24, 2.45) is 0 Å². The van der Waals surface area contributed by atoms with Crippen molar-refractivity contribution in [2.45, 2.75) is 6.43 Å². The van der Waals surface area contributed by atoms with Gasteiger partial charge in [-0.2, -0.15) is 0 Å². The SMILES string of the molecule is COc1cc(C=O)nc(C(F)F)c1Br. The molecule has 1 rings (SSSR count). The summed E-state index contributed by atoms with van der Waals surface area (Å²) < 4.78 is 29.7. The van der Waals surface area contributed by atoms with Gasteiger partial charge < -0.3 is 4.74 Å². The first-order chi connectivity index (χ1) is 6.60. The van der Waals surface area contributed by atoms with Crippen molar-refractivity contribution in [3.8, 4) is 5.75 Å². The molecule has 0 aromatic carbocycles. The van der Waals surface area contributed by atoms with E-state index >= 15 is 0 Å². The first kappa shape index (κ1) is 11.0. The van der Waals surface area contributed by atoms with Crippen molar-refractivity contribution in [3.63, 3.8) is 0 Å². The topological polar surface area (TPSA) is 39.2 Å². The molecule has 0 spiro atoms. The maximum absolute atomic E-state index is 12.4. The highest BCUT2D eigenvalue weighted by Gasteiger charge is 2.18. The molecule has 1 heterocycles. The van der Waals surface area contributed by atoms with Gasteiger partial charge in [-0.15, -0.1) is 0 Å². The van der Waals surface area contributed by atoms with Crippen LogP contribution in [0.5, 0.6) is 5.75 Å². The van der Waals surface area contributed by atoms with E-state index in [0.29, 0.717) is 6.29 Å². The van der Waals surface area contributed by atoms with Crippen LogP contribution >= 0.6 is 15.9 Å². The average molecular weight is 266 g/mol. The van der Waals surface area contributed by atoms with Crippen LogP contribution in [-0.2, 0) is 0 Å². The summed E-state index contributed by atoms with van der Waals surface area (Å²) in [6.07, 6.45) is -2.36. The van der Waals surface area contributed by atoms with Crippen LogP contribution in [-0.4, -0.2) is 18.4 Å². The molecule has 0 radical (unpaired) electrons. The van der Waals surface area contributed by atoms with Crippen LogP contribution in [0.25, 0.3) is 0 Å². The standard InChI is InChI=1S/C8H6BrF2NO2/c1-14-5-2-4(3-13)12-7(6(5)9)8(10)11/h2-3,8H,1H3. The van der Waals surface area contributed by atoms with E-state index in [4.69, 9.17) is 4.74 Å². The lowest BCUT2D eigenvalue weighted by atomic mass is 10.3. The van der Waals surface area contributed by atoms with Gasteiger partial charge in [0.1, 0.15) is 17.1 Å². The molecule has 0 atom stereocenters. The highest BCUT2D eigenvalue weighted by atomic mass is 79.9. The van der Waals surface area contributed by atoms with Crippen molar-refractivity contribution < 1.29 is 18.3 Å². The summed E-state index contributed by atoms with van der Waals surface area (Å²) in [5, 5.41) is 0. The minimum absolute atomic E-state index is 0.0700. The lowest BCUT2D eigenvalue weighted by Gasteiger charge is -2.08. The van der Waals surface area contributed by atoms with Crippen LogP contribution in [0.3, 0.4) is 0 Å². The van der Waals surface area contributed by atoms with E-state index in [9.17, 15) is 13.6 Å². The fourth-order valence-corrected chi connectivity index (χ4v) is 1.44. The largest absolute Gasteiger partial charge is 0.495 e. The third-order valence-corrected chi connectivity index (χ3v) is 2.31. The number of hydrogen-bond donors (Lipinski definition) is 0. The molecule has 0 unspecified atom stereocenters. The maximum Gasteiger partial charge on any atom is 0.281 e. The Labute approximate surface area is 87.2 Å². The van der Waals surface area contributed by atoms with E-state index in [0.717, 1.165) is 0 Å². The molecule has 3 nitrogen and oxygen atoms in total. The van der Waals surface area contributed by atoms with Crippen LogP contribution in [0.15, 0.2) is 10.5 Å². The third-order valence-electron chi connectivity index (χ3n) is 1.52. The highest BCUT2D eigenvalue weighted by Crippen LogP contribution is 2.33. The summed E-state index contributed by atoms with van der Waals surface area (Å²) in [5.74, 6) is 0.164. The minimum Gasteiger partial charge on any atom is -0.495 e. The summed E-state index contributed by atoms with van der Waals surface area (Å²) in [6.45, 7) is 0. The zero-order valence-electron chi connectivity index (χ0n) is 7.13. The summed E-state index contributed by atoms with van der Waals surface area (Å²) in [6, 6.07) is 1.28. The Balaban J connectivity index is 3.34. The molecular weight excluding hydrogens is 260 g/mol. The fourth-order valence-electron chi connectivity index (χ4n) is 0.898. The smallest absolute Gasteiger partial charge is 0.281 e. The maximum atomic E-state index is 12.4. The number of hydrogen-bond acceptors (Lipinski definition) is 3. The zero-order chi connectivity index (χ0) is 10.7. The van der Waals surface area contributed by atoms with E-state index in [1.807, 2.05) is 0 Å². The monoisotopic (exact) mass is 265 g/mol. The van der Waals surface area contributed by atoms with Crippen LogP contribution < -0.4 is 4.74 Å². The Kier molecular flexibility index (Phi) is 3.51. The van der Waals surface area contributed by atoms with Gasteiger partial charge >= 0.3 is 0 Å². The van der Waals surface area contributed by atoms with Crippen LogP contribution in [0, 0.1) is 0 Å². The lowest BCUT2D eigenvalue weighted by molar-refractivity contribution is 0.111. The summed E-state index contributed by atoms with van der Waals surface area (Å²) in [4.78, 5) is 13.8. The first-order valence-corrected chi connectivity index (χ1v) is 4.37. The van der Waals surface area contributed by atoms with Gasteiger partial charge in [-0.3, -0.25) is 4.79 Å². The second-order valence-electron chi connectivity index (χ2n) is 2.37. The molecule has 14 heavy (non-hydrogen) atoms. The predicted molar refractivity (Wildman–Crippen MR) is 48.8 cm³/mol. The third kappa shape index (κ3) is 2.06. The molecule has 1 aromatic rings. The van der Waals surface area contributed by atoms with E-state index in [1.165, 1.54) is 13.2 Å². The zero-order valence-corrected chi connectivity index (χ0v) is 8.72. The first-order valence-electron chi connectivity index (χ1n) is 3.58.